The molecule has 0 fully saturated rings. The molecule has 0 saturated heterocycles. The van der Waals surface area contributed by atoms with Crippen LogP contribution in [0.3, 0.4) is 0 Å². The van der Waals surface area contributed by atoms with Crippen LogP contribution in [0.1, 0.15) is 11.8 Å². The maximum absolute atomic E-state index is 10.00. The highest BCUT2D eigenvalue weighted by Crippen LogP contribution is 2.25. The van der Waals surface area contributed by atoms with Crippen molar-refractivity contribution in [1.29, 1.82) is 0 Å². The standard InChI is InChI=1S/C12H13ClN2OS/c1-15-11(6-7-14-15)12(16)8-17-10-4-2-9(13)3-5-10/h2-7,12,16H,8H2,1H3. The van der Waals surface area contributed by atoms with Crippen molar-refractivity contribution in [2.45, 2.75) is 11.0 Å². The van der Waals surface area contributed by atoms with Gasteiger partial charge in [0.1, 0.15) is 6.10 Å². The maximum atomic E-state index is 10.00. The molecule has 1 aromatic heterocycles. The molecule has 1 N–H and O–H groups in total. The Morgan fingerprint density at radius 1 is 1.35 bits per heavy atom. The number of halogens is 1. The molecule has 0 bridgehead atoms. The summed E-state index contributed by atoms with van der Waals surface area (Å²) in [7, 11) is 1.82. The molecular weight excluding hydrogens is 256 g/mol. The first-order valence-electron chi connectivity index (χ1n) is 5.21. The summed E-state index contributed by atoms with van der Waals surface area (Å²) in [6.07, 6.45) is 1.18. The zero-order valence-corrected chi connectivity index (χ0v) is 10.9. The van der Waals surface area contributed by atoms with Crippen LogP contribution in [0, 0.1) is 0 Å². The largest absolute Gasteiger partial charge is 0.386 e. The fourth-order valence-electron chi connectivity index (χ4n) is 1.50. The van der Waals surface area contributed by atoms with Gasteiger partial charge in [0.25, 0.3) is 0 Å². The van der Waals surface area contributed by atoms with Gasteiger partial charge in [-0.15, -0.1) is 11.8 Å². The molecule has 1 atom stereocenters. The molecule has 1 heterocycles. The number of aryl methyl sites for hydroxylation is 1. The molecular formula is C12H13ClN2OS. The minimum atomic E-state index is -0.511. The van der Waals surface area contributed by atoms with Crippen LogP contribution in [0.5, 0.6) is 0 Å². The molecule has 0 radical (unpaired) electrons. The number of aliphatic hydroxyl groups is 1. The molecule has 1 aromatic carbocycles. The van der Waals surface area contributed by atoms with Gasteiger partial charge in [-0.25, -0.2) is 0 Å². The molecule has 0 spiro atoms. The summed E-state index contributed by atoms with van der Waals surface area (Å²) in [5.41, 5.74) is 0.825. The molecule has 90 valence electrons. The quantitative estimate of drug-likeness (QED) is 0.867. The van der Waals surface area contributed by atoms with Crippen LogP contribution in [-0.4, -0.2) is 20.6 Å². The Balaban J connectivity index is 1.94. The van der Waals surface area contributed by atoms with Crippen LogP contribution in [0.25, 0.3) is 0 Å². The lowest BCUT2D eigenvalue weighted by molar-refractivity contribution is 0.193. The van der Waals surface area contributed by atoms with E-state index in [1.54, 1.807) is 22.6 Å². The number of rotatable bonds is 4. The first kappa shape index (κ1) is 12.5. The summed E-state index contributed by atoms with van der Waals surface area (Å²) in [4.78, 5) is 1.09. The minimum absolute atomic E-state index is 0.511. The summed E-state index contributed by atoms with van der Waals surface area (Å²) in [6.45, 7) is 0. The normalized spacial score (nSPS) is 12.6. The third-order valence-electron chi connectivity index (χ3n) is 2.42. The predicted octanol–water partition coefficient (Wildman–Crippen LogP) is 2.90. The summed E-state index contributed by atoms with van der Waals surface area (Å²) >= 11 is 7.40. The molecule has 3 nitrogen and oxygen atoms in total. The average molecular weight is 269 g/mol. The lowest BCUT2D eigenvalue weighted by Crippen LogP contribution is -2.07. The van der Waals surface area contributed by atoms with E-state index in [2.05, 4.69) is 5.10 Å². The van der Waals surface area contributed by atoms with Crippen LogP contribution in [0.15, 0.2) is 41.4 Å². The number of nitrogens with zero attached hydrogens (tertiary/aromatic N) is 2. The second-order valence-corrected chi connectivity index (χ2v) is 5.19. The van der Waals surface area contributed by atoms with Crippen molar-refractivity contribution in [1.82, 2.24) is 9.78 Å². The van der Waals surface area contributed by atoms with Crippen molar-refractivity contribution in [3.63, 3.8) is 0 Å². The zero-order valence-electron chi connectivity index (χ0n) is 9.38. The van der Waals surface area contributed by atoms with Crippen LogP contribution in [0.4, 0.5) is 0 Å². The lowest BCUT2D eigenvalue weighted by atomic mass is 10.3. The van der Waals surface area contributed by atoms with Crippen molar-refractivity contribution >= 4 is 23.4 Å². The van der Waals surface area contributed by atoms with Crippen molar-refractivity contribution in [3.05, 3.63) is 47.2 Å². The van der Waals surface area contributed by atoms with E-state index in [0.717, 1.165) is 15.6 Å². The van der Waals surface area contributed by atoms with E-state index in [9.17, 15) is 5.11 Å². The maximum Gasteiger partial charge on any atom is 0.105 e. The molecule has 17 heavy (non-hydrogen) atoms. The molecule has 2 rings (SSSR count). The second-order valence-electron chi connectivity index (χ2n) is 3.66. The lowest BCUT2D eigenvalue weighted by Gasteiger charge is -2.10. The van der Waals surface area contributed by atoms with E-state index in [4.69, 9.17) is 11.6 Å². The summed E-state index contributed by atoms with van der Waals surface area (Å²) < 4.78 is 1.69. The third-order valence-corrected chi connectivity index (χ3v) is 3.76. The number of aliphatic hydroxyl groups excluding tert-OH is 1. The Morgan fingerprint density at radius 3 is 2.65 bits per heavy atom. The summed E-state index contributed by atoms with van der Waals surface area (Å²) in [6, 6.07) is 9.42. The van der Waals surface area contributed by atoms with Crippen LogP contribution in [0.2, 0.25) is 5.02 Å². The number of hydrogen-bond donors (Lipinski definition) is 1. The topological polar surface area (TPSA) is 38.0 Å². The SMILES string of the molecule is Cn1nccc1C(O)CSc1ccc(Cl)cc1. The van der Waals surface area contributed by atoms with E-state index in [0.29, 0.717) is 5.75 Å². The number of benzene rings is 1. The van der Waals surface area contributed by atoms with Gasteiger partial charge in [0.2, 0.25) is 0 Å². The van der Waals surface area contributed by atoms with Gasteiger partial charge >= 0.3 is 0 Å². The number of thioether (sulfide) groups is 1. The minimum Gasteiger partial charge on any atom is -0.386 e. The Kier molecular flexibility index (Phi) is 4.10. The second kappa shape index (κ2) is 5.58. The predicted molar refractivity (Wildman–Crippen MR) is 70.3 cm³/mol. The Labute approximate surface area is 109 Å². The van der Waals surface area contributed by atoms with Gasteiger partial charge in [0, 0.05) is 28.9 Å². The van der Waals surface area contributed by atoms with Gasteiger partial charge in [0.05, 0.1) is 5.69 Å². The van der Waals surface area contributed by atoms with Gasteiger partial charge in [-0.1, -0.05) is 11.6 Å². The average Bonchev–Trinajstić information content (AvgIpc) is 2.74. The van der Waals surface area contributed by atoms with E-state index in [1.807, 2.05) is 37.4 Å². The van der Waals surface area contributed by atoms with E-state index >= 15 is 0 Å². The van der Waals surface area contributed by atoms with Crippen LogP contribution >= 0.6 is 23.4 Å². The highest BCUT2D eigenvalue weighted by Gasteiger charge is 2.11. The number of aromatic nitrogens is 2. The summed E-state index contributed by atoms with van der Waals surface area (Å²) in [5.74, 6) is 0.598. The van der Waals surface area contributed by atoms with Crippen molar-refractivity contribution in [2.75, 3.05) is 5.75 Å². The fraction of sp³-hybridized carbons (Fsp3) is 0.250. The highest BCUT2D eigenvalue weighted by molar-refractivity contribution is 7.99. The smallest absolute Gasteiger partial charge is 0.105 e. The third kappa shape index (κ3) is 3.25. The van der Waals surface area contributed by atoms with Gasteiger partial charge in [-0.2, -0.15) is 5.10 Å². The molecule has 5 heteroatoms. The first-order chi connectivity index (χ1) is 8.16. The van der Waals surface area contributed by atoms with Crippen LogP contribution < -0.4 is 0 Å². The molecule has 0 amide bonds. The van der Waals surface area contributed by atoms with E-state index in [1.165, 1.54) is 0 Å². The van der Waals surface area contributed by atoms with Crippen molar-refractivity contribution in [3.8, 4) is 0 Å². The van der Waals surface area contributed by atoms with Crippen LogP contribution in [-0.2, 0) is 7.05 Å². The Bertz CT molecular complexity index is 484. The molecule has 0 saturated carbocycles. The summed E-state index contributed by atoms with van der Waals surface area (Å²) in [5, 5.41) is 14.8. The fourth-order valence-corrected chi connectivity index (χ4v) is 2.48. The molecule has 0 aliphatic rings. The Hall–Kier alpha value is -0.970. The molecule has 0 aliphatic heterocycles. The molecule has 0 aliphatic carbocycles. The first-order valence-corrected chi connectivity index (χ1v) is 6.57. The van der Waals surface area contributed by atoms with Gasteiger partial charge < -0.3 is 5.11 Å². The van der Waals surface area contributed by atoms with Crippen molar-refractivity contribution in [2.24, 2.45) is 7.05 Å². The van der Waals surface area contributed by atoms with Gasteiger partial charge in [0.15, 0.2) is 0 Å². The van der Waals surface area contributed by atoms with Gasteiger partial charge in [-0.05, 0) is 30.3 Å². The van der Waals surface area contributed by atoms with E-state index in [-0.39, 0.29) is 0 Å². The van der Waals surface area contributed by atoms with E-state index < -0.39 is 6.10 Å². The number of hydrogen-bond acceptors (Lipinski definition) is 3. The zero-order chi connectivity index (χ0) is 12.3. The van der Waals surface area contributed by atoms with Crippen molar-refractivity contribution < 1.29 is 5.11 Å². The molecule has 1 unspecified atom stereocenters. The highest BCUT2D eigenvalue weighted by atomic mass is 35.5. The monoisotopic (exact) mass is 268 g/mol. The Morgan fingerprint density at radius 2 is 2.06 bits per heavy atom. The van der Waals surface area contributed by atoms with Gasteiger partial charge in [-0.3, -0.25) is 4.68 Å². The molecule has 2 aromatic rings.